The highest BCUT2D eigenvalue weighted by Gasteiger charge is 2.03. The Labute approximate surface area is 123 Å². The number of halogens is 1. The molecule has 2 aromatic rings. The summed E-state index contributed by atoms with van der Waals surface area (Å²) in [5.41, 5.74) is 2.51. The predicted octanol–water partition coefficient (Wildman–Crippen LogP) is 3.61. The lowest BCUT2D eigenvalue weighted by Crippen LogP contribution is -2.30. The van der Waals surface area contributed by atoms with E-state index in [1.807, 2.05) is 18.3 Å². The summed E-state index contributed by atoms with van der Waals surface area (Å²) in [4.78, 5) is 4.32. The minimum Gasteiger partial charge on any atom is -0.314 e. The fraction of sp³-hybridized carbons (Fsp3) is 0.312. The van der Waals surface area contributed by atoms with E-state index in [4.69, 9.17) is 0 Å². The Morgan fingerprint density at radius 1 is 1.16 bits per heavy atom. The third kappa shape index (κ3) is 5.13. The van der Waals surface area contributed by atoms with Gasteiger partial charge in [-0.3, -0.25) is 4.98 Å². The normalized spacial score (nSPS) is 12.3. The van der Waals surface area contributed by atoms with Gasteiger partial charge in [-0.1, -0.05) is 34.1 Å². The molecule has 1 aromatic carbocycles. The van der Waals surface area contributed by atoms with Crippen molar-refractivity contribution in [3.63, 3.8) is 0 Å². The maximum Gasteiger partial charge on any atom is 0.0416 e. The molecule has 0 aliphatic rings. The number of pyridine rings is 1. The Morgan fingerprint density at radius 2 is 1.95 bits per heavy atom. The molecule has 1 unspecified atom stereocenters. The van der Waals surface area contributed by atoms with Crippen molar-refractivity contribution in [2.45, 2.75) is 25.8 Å². The molecule has 0 bridgehead atoms. The van der Waals surface area contributed by atoms with Crippen molar-refractivity contribution in [1.82, 2.24) is 10.3 Å². The zero-order valence-corrected chi connectivity index (χ0v) is 12.7. The zero-order valence-electron chi connectivity index (χ0n) is 11.1. The van der Waals surface area contributed by atoms with Crippen LogP contribution >= 0.6 is 15.9 Å². The summed E-state index contributed by atoms with van der Waals surface area (Å²) >= 11 is 3.46. The lowest BCUT2D eigenvalue weighted by atomic mass is 10.1. The minimum atomic E-state index is 0.477. The van der Waals surface area contributed by atoms with Gasteiger partial charge in [0.1, 0.15) is 0 Å². The molecule has 3 heteroatoms. The Balaban J connectivity index is 1.73. The fourth-order valence-corrected chi connectivity index (χ4v) is 2.30. The van der Waals surface area contributed by atoms with Crippen molar-refractivity contribution in [1.29, 1.82) is 0 Å². The number of hydrogen-bond donors (Lipinski definition) is 1. The van der Waals surface area contributed by atoms with Gasteiger partial charge in [0.25, 0.3) is 0 Å². The second-order valence-corrected chi connectivity index (χ2v) is 5.67. The Bertz CT molecular complexity index is 482. The van der Waals surface area contributed by atoms with Crippen LogP contribution < -0.4 is 5.32 Å². The highest BCUT2D eigenvalue weighted by Crippen LogP contribution is 2.11. The van der Waals surface area contributed by atoms with Crippen molar-refractivity contribution in [3.8, 4) is 0 Å². The summed E-state index contributed by atoms with van der Waals surface area (Å²) in [6.45, 7) is 3.19. The molecule has 1 aromatic heterocycles. The van der Waals surface area contributed by atoms with Gasteiger partial charge in [-0.2, -0.15) is 0 Å². The smallest absolute Gasteiger partial charge is 0.0416 e. The molecule has 100 valence electrons. The number of aromatic nitrogens is 1. The number of hydrogen-bond acceptors (Lipinski definition) is 2. The van der Waals surface area contributed by atoms with Crippen LogP contribution in [0, 0.1) is 0 Å². The van der Waals surface area contributed by atoms with Crippen molar-refractivity contribution in [2.75, 3.05) is 6.54 Å². The Hall–Kier alpha value is -1.19. The van der Waals surface area contributed by atoms with Crippen LogP contribution in [-0.2, 0) is 12.8 Å². The van der Waals surface area contributed by atoms with Crippen LogP contribution in [0.25, 0.3) is 0 Å². The molecule has 2 rings (SSSR count). The summed E-state index contributed by atoms with van der Waals surface area (Å²) in [6.07, 6.45) is 3.88. The van der Waals surface area contributed by atoms with Gasteiger partial charge >= 0.3 is 0 Å². The highest BCUT2D eigenvalue weighted by molar-refractivity contribution is 9.10. The van der Waals surface area contributed by atoms with E-state index < -0.39 is 0 Å². The molecular weight excluding hydrogens is 300 g/mol. The third-order valence-electron chi connectivity index (χ3n) is 3.06. The number of nitrogens with zero attached hydrogens (tertiary/aromatic N) is 1. The molecule has 0 fully saturated rings. The summed E-state index contributed by atoms with van der Waals surface area (Å²) in [5.74, 6) is 0. The van der Waals surface area contributed by atoms with E-state index in [0.717, 1.165) is 29.6 Å². The summed E-state index contributed by atoms with van der Waals surface area (Å²) in [7, 11) is 0. The fourth-order valence-electron chi connectivity index (χ4n) is 2.04. The first kappa shape index (κ1) is 14.2. The SMILES string of the molecule is CC(Cc1ccc(Br)cc1)NCCc1ccccn1. The topological polar surface area (TPSA) is 24.9 Å². The predicted molar refractivity (Wildman–Crippen MR) is 83.3 cm³/mol. The molecular formula is C16H19BrN2. The van der Waals surface area contributed by atoms with Gasteiger partial charge in [0.15, 0.2) is 0 Å². The van der Waals surface area contributed by atoms with E-state index in [2.05, 4.69) is 63.5 Å². The van der Waals surface area contributed by atoms with Crippen molar-refractivity contribution in [3.05, 3.63) is 64.4 Å². The molecule has 19 heavy (non-hydrogen) atoms. The molecule has 0 amide bonds. The van der Waals surface area contributed by atoms with E-state index in [9.17, 15) is 0 Å². The van der Waals surface area contributed by atoms with E-state index in [-0.39, 0.29) is 0 Å². The maximum absolute atomic E-state index is 4.32. The maximum atomic E-state index is 4.32. The van der Waals surface area contributed by atoms with Crippen LogP contribution in [0.3, 0.4) is 0 Å². The van der Waals surface area contributed by atoms with Crippen LogP contribution in [-0.4, -0.2) is 17.6 Å². The molecule has 1 N–H and O–H groups in total. The van der Waals surface area contributed by atoms with Crippen LogP contribution in [0.15, 0.2) is 53.1 Å². The van der Waals surface area contributed by atoms with Gasteiger partial charge in [-0.05, 0) is 43.2 Å². The first-order valence-corrected chi connectivity index (χ1v) is 7.41. The van der Waals surface area contributed by atoms with Gasteiger partial charge in [0.2, 0.25) is 0 Å². The summed E-state index contributed by atoms with van der Waals surface area (Å²) in [5, 5.41) is 3.54. The van der Waals surface area contributed by atoms with E-state index in [0.29, 0.717) is 6.04 Å². The standard InChI is InChI=1S/C16H19BrN2/c1-13(12-14-5-7-15(17)8-6-14)18-11-9-16-4-2-3-10-19-16/h2-8,10,13,18H,9,11-12H2,1H3. The van der Waals surface area contributed by atoms with Crippen LogP contribution in [0.4, 0.5) is 0 Å². The van der Waals surface area contributed by atoms with Crippen molar-refractivity contribution >= 4 is 15.9 Å². The second-order valence-electron chi connectivity index (χ2n) is 4.76. The van der Waals surface area contributed by atoms with Crippen molar-refractivity contribution in [2.24, 2.45) is 0 Å². The minimum absolute atomic E-state index is 0.477. The Kier molecular flexibility index (Phi) is 5.55. The number of nitrogens with one attached hydrogen (secondary N) is 1. The van der Waals surface area contributed by atoms with Gasteiger partial charge < -0.3 is 5.32 Å². The van der Waals surface area contributed by atoms with Gasteiger partial charge in [-0.15, -0.1) is 0 Å². The molecule has 0 aliphatic carbocycles. The summed E-state index contributed by atoms with van der Waals surface area (Å²) in [6, 6.07) is 15.1. The number of benzene rings is 1. The summed E-state index contributed by atoms with van der Waals surface area (Å²) < 4.78 is 1.13. The van der Waals surface area contributed by atoms with E-state index >= 15 is 0 Å². The molecule has 0 spiro atoms. The Morgan fingerprint density at radius 3 is 2.63 bits per heavy atom. The third-order valence-corrected chi connectivity index (χ3v) is 3.58. The lowest BCUT2D eigenvalue weighted by Gasteiger charge is -2.13. The van der Waals surface area contributed by atoms with Crippen LogP contribution in [0.2, 0.25) is 0 Å². The first-order chi connectivity index (χ1) is 9.24. The highest BCUT2D eigenvalue weighted by atomic mass is 79.9. The second kappa shape index (κ2) is 7.41. The van der Waals surface area contributed by atoms with Gasteiger partial charge in [-0.25, -0.2) is 0 Å². The van der Waals surface area contributed by atoms with Crippen LogP contribution in [0.5, 0.6) is 0 Å². The van der Waals surface area contributed by atoms with Gasteiger partial charge in [0.05, 0.1) is 0 Å². The molecule has 0 radical (unpaired) electrons. The average molecular weight is 319 g/mol. The monoisotopic (exact) mass is 318 g/mol. The molecule has 1 atom stereocenters. The molecule has 0 aliphatic heterocycles. The average Bonchev–Trinajstić information content (AvgIpc) is 2.43. The van der Waals surface area contributed by atoms with Crippen molar-refractivity contribution < 1.29 is 0 Å². The zero-order chi connectivity index (χ0) is 13.5. The largest absolute Gasteiger partial charge is 0.314 e. The lowest BCUT2D eigenvalue weighted by molar-refractivity contribution is 0.546. The van der Waals surface area contributed by atoms with E-state index in [1.165, 1.54) is 5.56 Å². The van der Waals surface area contributed by atoms with Crippen LogP contribution in [0.1, 0.15) is 18.2 Å². The van der Waals surface area contributed by atoms with E-state index in [1.54, 1.807) is 0 Å². The number of rotatable bonds is 6. The molecule has 0 saturated carbocycles. The first-order valence-electron chi connectivity index (χ1n) is 6.62. The van der Waals surface area contributed by atoms with Gasteiger partial charge in [0, 0.05) is 35.4 Å². The molecule has 1 heterocycles. The molecule has 0 saturated heterocycles. The molecule has 2 nitrogen and oxygen atoms in total. The quantitative estimate of drug-likeness (QED) is 0.880.